The number of carbonyl (C=O) groups is 1. The van der Waals surface area contributed by atoms with E-state index < -0.39 is 49.7 Å². The molecule has 3 rings (SSSR count). The third kappa shape index (κ3) is 3.99. The zero-order chi connectivity index (χ0) is 21.3. The highest BCUT2D eigenvalue weighted by Crippen LogP contribution is 2.44. The average molecular weight is 422 g/mol. The highest BCUT2D eigenvalue weighted by Gasteiger charge is 2.51. The Bertz CT molecular complexity index is 1010. The van der Waals surface area contributed by atoms with E-state index in [0.29, 0.717) is 6.42 Å². The summed E-state index contributed by atoms with van der Waals surface area (Å²) >= 11 is 0. The van der Waals surface area contributed by atoms with Crippen LogP contribution in [0.15, 0.2) is 53.4 Å². The number of primary amides is 1. The molecule has 2 aromatic carbocycles. The number of nitrogens with two attached hydrogens (primary N) is 1. The number of carbonyl (C=O) groups excluding carboxylic acids is 1. The molecule has 29 heavy (non-hydrogen) atoms. The molecule has 8 heteroatoms. The maximum atomic E-state index is 14.7. The lowest BCUT2D eigenvalue weighted by molar-refractivity contribution is 0.173. The number of rotatable bonds is 5. The van der Waals surface area contributed by atoms with Crippen molar-refractivity contribution < 1.29 is 22.0 Å². The van der Waals surface area contributed by atoms with E-state index in [9.17, 15) is 22.0 Å². The van der Waals surface area contributed by atoms with Gasteiger partial charge in [0.1, 0.15) is 16.5 Å². The molecule has 0 saturated carbocycles. The first-order valence-electron chi connectivity index (χ1n) is 9.45. The summed E-state index contributed by atoms with van der Waals surface area (Å²) in [7, 11) is -4.21. The number of amides is 2. The summed E-state index contributed by atoms with van der Waals surface area (Å²) < 4.78 is 55.8. The van der Waals surface area contributed by atoms with Crippen LogP contribution in [0.4, 0.5) is 13.6 Å². The van der Waals surface area contributed by atoms with E-state index in [1.807, 2.05) is 13.8 Å². The lowest BCUT2D eigenvalue weighted by atomic mass is 10.0. The molecule has 1 heterocycles. The van der Waals surface area contributed by atoms with Crippen LogP contribution in [0.1, 0.15) is 38.3 Å². The molecule has 3 atom stereocenters. The van der Waals surface area contributed by atoms with Gasteiger partial charge in [-0.25, -0.2) is 22.0 Å². The van der Waals surface area contributed by atoms with Gasteiger partial charge in [-0.3, -0.25) is 0 Å². The molecule has 2 amide bonds. The monoisotopic (exact) mass is 422 g/mol. The summed E-state index contributed by atoms with van der Waals surface area (Å²) in [6.07, 6.45) is 0.550. The molecular formula is C21H24F2N2O3S. The van der Waals surface area contributed by atoms with Crippen LogP contribution in [0.2, 0.25) is 0 Å². The van der Waals surface area contributed by atoms with Crippen molar-refractivity contribution in [2.24, 2.45) is 11.7 Å². The van der Waals surface area contributed by atoms with Gasteiger partial charge in [-0.2, -0.15) is 0 Å². The van der Waals surface area contributed by atoms with Crippen molar-refractivity contribution in [1.29, 1.82) is 0 Å². The highest BCUT2D eigenvalue weighted by atomic mass is 32.2. The molecule has 0 spiro atoms. The Hall–Kier alpha value is -2.48. The maximum Gasteiger partial charge on any atom is 0.315 e. The average Bonchev–Trinajstić information content (AvgIpc) is 3.01. The van der Waals surface area contributed by atoms with E-state index in [1.165, 1.54) is 41.3 Å². The molecule has 0 aromatic heterocycles. The van der Waals surface area contributed by atoms with Crippen LogP contribution in [-0.2, 0) is 9.84 Å². The van der Waals surface area contributed by atoms with Gasteiger partial charge in [0.25, 0.3) is 0 Å². The number of benzene rings is 2. The number of urea groups is 1. The van der Waals surface area contributed by atoms with Crippen molar-refractivity contribution in [1.82, 2.24) is 4.90 Å². The molecule has 1 aliphatic rings. The predicted octanol–water partition coefficient (Wildman–Crippen LogP) is 4.05. The van der Waals surface area contributed by atoms with E-state index in [2.05, 4.69) is 0 Å². The van der Waals surface area contributed by atoms with Gasteiger partial charge in [0.05, 0.1) is 11.3 Å². The van der Waals surface area contributed by atoms with E-state index in [1.54, 1.807) is 6.07 Å². The number of nitrogens with zero attached hydrogens (tertiary/aromatic N) is 1. The second-order valence-electron chi connectivity index (χ2n) is 7.74. The topological polar surface area (TPSA) is 80.5 Å². The van der Waals surface area contributed by atoms with Crippen LogP contribution in [0.3, 0.4) is 0 Å². The minimum Gasteiger partial charge on any atom is -0.351 e. The standard InChI is InChI=1S/C21H24F2N2O3S/c1-13(2)11-14-12-19(29(27,28)18-10-6-5-9-17(18)23)20(25(14)21(24)26)15-7-3-4-8-16(15)22/h3-10,13-14,19-20H,11-12H2,1-2H3,(H2,24,26). The van der Waals surface area contributed by atoms with Crippen LogP contribution in [0.5, 0.6) is 0 Å². The zero-order valence-corrected chi connectivity index (χ0v) is 17.1. The molecular weight excluding hydrogens is 398 g/mol. The summed E-state index contributed by atoms with van der Waals surface area (Å²) in [5.74, 6) is -1.36. The summed E-state index contributed by atoms with van der Waals surface area (Å²) in [5, 5.41) is -1.22. The van der Waals surface area contributed by atoms with E-state index in [0.717, 1.165) is 6.07 Å². The van der Waals surface area contributed by atoms with Gasteiger partial charge in [-0.1, -0.05) is 44.2 Å². The van der Waals surface area contributed by atoms with E-state index in [4.69, 9.17) is 5.73 Å². The second kappa shape index (κ2) is 8.10. The van der Waals surface area contributed by atoms with Gasteiger partial charge < -0.3 is 10.6 Å². The third-order valence-electron chi connectivity index (χ3n) is 5.31. The normalized spacial score (nSPS) is 22.2. The van der Waals surface area contributed by atoms with E-state index in [-0.39, 0.29) is 17.9 Å². The van der Waals surface area contributed by atoms with Crippen LogP contribution >= 0.6 is 0 Å². The minimum absolute atomic E-state index is 0.0524. The number of sulfone groups is 1. The summed E-state index contributed by atoms with van der Waals surface area (Å²) in [6.45, 7) is 3.88. The molecule has 0 aliphatic carbocycles. The first kappa shape index (κ1) is 21.2. The van der Waals surface area contributed by atoms with Crippen molar-refractivity contribution in [3.05, 3.63) is 65.7 Å². The van der Waals surface area contributed by atoms with Crippen molar-refractivity contribution in [3.63, 3.8) is 0 Å². The number of hydrogen-bond acceptors (Lipinski definition) is 3. The second-order valence-corrected chi connectivity index (χ2v) is 9.88. The third-order valence-corrected chi connectivity index (χ3v) is 7.50. The molecule has 3 unspecified atom stereocenters. The van der Waals surface area contributed by atoms with Gasteiger partial charge in [0.2, 0.25) is 0 Å². The fraction of sp³-hybridized carbons (Fsp3) is 0.381. The van der Waals surface area contributed by atoms with Crippen molar-refractivity contribution in [2.75, 3.05) is 0 Å². The maximum absolute atomic E-state index is 14.7. The molecule has 0 radical (unpaired) electrons. The molecule has 2 N–H and O–H groups in total. The fourth-order valence-electron chi connectivity index (χ4n) is 4.19. The van der Waals surface area contributed by atoms with Crippen LogP contribution in [-0.4, -0.2) is 30.6 Å². The van der Waals surface area contributed by atoms with Gasteiger partial charge in [0, 0.05) is 11.6 Å². The van der Waals surface area contributed by atoms with Gasteiger partial charge >= 0.3 is 6.03 Å². The Kier molecular flexibility index (Phi) is 5.93. The van der Waals surface area contributed by atoms with Crippen LogP contribution in [0, 0.1) is 17.6 Å². The Balaban J connectivity index is 2.18. The molecule has 2 aromatic rings. The molecule has 156 valence electrons. The largest absolute Gasteiger partial charge is 0.351 e. The Morgan fingerprint density at radius 2 is 1.69 bits per heavy atom. The summed E-state index contributed by atoms with van der Waals surface area (Å²) in [6, 6.07) is 8.32. The zero-order valence-electron chi connectivity index (χ0n) is 16.3. The summed E-state index contributed by atoms with van der Waals surface area (Å²) in [5.41, 5.74) is 5.67. The van der Waals surface area contributed by atoms with Crippen LogP contribution < -0.4 is 5.73 Å². The molecule has 5 nitrogen and oxygen atoms in total. The first-order chi connectivity index (χ1) is 13.6. The van der Waals surface area contributed by atoms with Crippen LogP contribution in [0.25, 0.3) is 0 Å². The first-order valence-corrected chi connectivity index (χ1v) is 11.0. The van der Waals surface area contributed by atoms with Gasteiger partial charge in [0.15, 0.2) is 9.84 Å². The number of halogens is 2. The predicted molar refractivity (Wildman–Crippen MR) is 106 cm³/mol. The summed E-state index contributed by atoms with van der Waals surface area (Å²) in [4.78, 5) is 13.1. The molecule has 1 saturated heterocycles. The van der Waals surface area contributed by atoms with E-state index >= 15 is 0 Å². The Morgan fingerprint density at radius 1 is 1.10 bits per heavy atom. The van der Waals surface area contributed by atoms with Crippen molar-refractivity contribution >= 4 is 15.9 Å². The Labute approximate surface area is 169 Å². The highest BCUT2D eigenvalue weighted by molar-refractivity contribution is 7.92. The van der Waals surface area contributed by atoms with Crippen molar-refractivity contribution in [3.8, 4) is 0 Å². The smallest absolute Gasteiger partial charge is 0.315 e. The SMILES string of the molecule is CC(C)CC1CC(S(=O)(=O)c2ccccc2F)C(c2ccccc2F)N1C(N)=O. The lowest BCUT2D eigenvalue weighted by Gasteiger charge is -2.31. The Morgan fingerprint density at radius 3 is 2.24 bits per heavy atom. The number of hydrogen-bond donors (Lipinski definition) is 1. The minimum atomic E-state index is -4.21. The fourth-order valence-corrected chi connectivity index (χ4v) is 6.21. The lowest BCUT2D eigenvalue weighted by Crippen LogP contribution is -2.43. The van der Waals surface area contributed by atoms with Gasteiger partial charge in [-0.05, 0) is 37.0 Å². The molecule has 1 aliphatic heterocycles. The quantitative estimate of drug-likeness (QED) is 0.789. The van der Waals surface area contributed by atoms with Gasteiger partial charge in [-0.15, -0.1) is 0 Å². The molecule has 1 fully saturated rings. The molecule has 0 bridgehead atoms. The van der Waals surface area contributed by atoms with Crippen molar-refractivity contribution in [2.45, 2.75) is 48.9 Å². The number of likely N-dealkylation sites (tertiary alicyclic amines) is 1.